The number of amides is 1. The molecule has 0 heterocycles. The Morgan fingerprint density at radius 1 is 1.15 bits per heavy atom. The first-order valence-electron chi connectivity index (χ1n) is 8.85. The molecule has 26 heavy (non-hydrogen) atoms. The van der Waals surface area contributed by atoms with Crippen LogP contribution in [0.25, 0.3) is 0 Å². The third-order valence-electron chi connectivity index (χ3n) is 4.99. The number of hydrogen-bond acceptors (Lipinski definition) is 4. The molecule has 2 N–H and O–H groups in total. The van der Waals surface area contributed by atoms with Gasteiger partial charge in [-0.25, -0.2) is 0 Å². The first-order valence-corrected chi connectivity index (χ1v) is 8.85. The lowest BCUT2D eigenvalue weighted by Gasteiger charge is -2.38. The van der Waals surface area contributed by atoms with Crippen molar-refractivity contribution in [2.75, 3.05) is 14.2 Å². The Kier molecular flexibility index (Phi) is 5.78. The predicted molar refractivity (Wildman–Crippen MR) is 99.7 cm³/mol. The maximum Gasteiger partial charge on any atom is 0.255 e. The van der Waals surface area contributed by atoms with Crippen LogP contribution >= 0.6 is 0 Å². The Hall–Kier alpha value is -2.53. The normalized spacial score (nSPS) is 20.0. The fourth-order valence-corrected chi connectivity index (χ4v) is 3.39. The second kappa shape index (κ2) is 8.23. The van der Waals surface area contributed by atoms with Crippen LogP contribution in [0.2, 0.25) is 0 Å². The summed E-state index contributed by atoms with van der Waals surface area (Å²) in [4.78, 5) is 12.9. The van der Waals surface area contributed by atoms with Crippen molar-refractivity contribution in [2.24, 2.45) is 5.92 Å². The highest BCUT2D eigenvalue weighted by Crippen LogP contribution is 2.32. The monoisotopic (exact) mass is 355 g/mol. The van der Waals surface area contributed by atoms with Crippen LogP contribution < -0.4 is 14.8 Å². The molecule has 0 unspecified atom stereocenters. The number of aliphatic hydroxyl groups excluding tert-OH is 1. The molecule has 0 spiro atoms. The number of benzene rings is 2. The molecule has 0 saturated heterocycles. The second-order valence-corrected chi connectivity index (χ2v) is 6.72. The number of aliphatic hydroxyl groups is 1. The van der Waals surface area contributed by atoms with Crippen LogP contribution in [0, 0.1) is 5.92 Å². The molecule has 2 aromatic rings. The maximum atomic E-state index is 12.9. The van der Waals surface area contributed by atoms with Crippen LogP contribution in [0.15, 0.2) is 48.5 Å². The minimum Gasteiger partial charge on any atom is -0.497 e. The van der Waals surface area contributed by atoms with Crippen molar-refractivity contribution in [3.05, 3.63) is 59.7 Å². The Balaban J connectivity index is 1.76. The van der Waals surface area contributed by atoms with Gasteiger partial charge in [-0.05, 0) is 42.9 Å². The van der Waals surface area contributed by atoms with Crippen LogP contribution in [0.1, 0.15) is 28.8 Å². The lowest BCUT2D eigenvalue weighted by molar-refractivity contribution is 0.0239. The molecule has 5 nitrogen and oxygen atoms in total. The van der Waals surface area contributed by atoms with Gasteiger partial charge in [0.1, 0.15) is 11.5 Å². The summed E-state index contributed by atoms with van der Waals surface area (Å²) in [5.41, 5.74) is 1.65. The van der Waals surface area contributed by atoms with E-state index in [-0.39, 0.29) is 24.0 Å². The van der Waals surface area contributed by atoms with Crippen molar-refractivity contribution in [2.45, 2.75) is 31.4 Å². The third-order valence-corrected chi connectivity index (χ3v) is 4.99. The van der Waals surface area contributed by atoms with E-state index in [9.17, 15) is 9.90 Å². The SMILES string of the molecule is COc1ccc(C(=O)N[C@@H](Cc2ccccc2)C2CC(O)C2)c(OC)c1. The number of rotatable bonds is 7. The number of ether oxygens (including phenoxy) is 2. The van der Waals surface area contributed by atoms with Gasteiger partial charge in [0.2, 0.25) is 0 Å². The molecule has 1 aliphatic rings. The predicted octanol–water partition coefficient (Wildman–Crippen LogP) is 2.82. The van der Waals surface area contributed by atoms with Crippen LogP contribution in [-0.4, -0.2) is 37.4 Å². The van der Waals surface area contributed by atoms with Crippen LogP contribution in [0.4, 0.5) is 0 Å². The minimum atomic E-state index is -0.259. The van der Waals surface area contributed by atoms with Gasteiger partial charge in [-0.3, -0.25) is 4.79 Å². The summed E-state index contributed by atoms with van der Waals surface area (Å²) in [5.74, 6) is 1.22. The Bertz CT molecular complexity index is 741. The number of carbonyl (C=O) groups excluding carboxylic acids is 1. The summed E-state index contributed by atoms with van der Waals surface area (Å²) in [6.45, 7) is 0. The van der Waals surface area contributed by atoms with Gasteiger partial charge in [0.25, 0.3) is 5.91 Å². The molecule has 1 amide bonds. The molecule has 0 aliphatic heterocycles. The number of methoxy groups -OCH3 is 2. The third kappa shape index (κ3) is 4.17. The Morgan fingerprint density at radius 3 is 2.50 bits per heavy atom. The second-order valence-electron chi connectivity index (χ2n) is 6.72. The van der Waals surface area contributed by atoms with Gasteiger partial charge in [0.05, 0.1) is 25.9 Å². The van der Waals surface area contributed by atoms with E-state index in [0.29, 0.717) is 17.1 Å². The highest BCUT2D eigenvalue weighted by Gasteiger charge is 2.35. The standard InChI is InChI=1S/C21H25NO4/c1-25-17-8-9-18(20(13-17)26-2)21(24)22-19(15-11-16(23)12-15)10-14-6-4-3-5-7-14/h3-9,13,15-16,19,23H,10-12H2,1-2H3,(H,22,24)/t15?,16?,19-/m0/s1. The quantitative estimate of drug-likeness (QED) is 0.801. The van der Waals surface area contributed by atoms with Crippen LogP contribution in [0.3, 0.4) is 0 Å². The van der Waals surface area contributed by atoms with E-state index in [0.717, 1.165) is 19.3 Å². The summed E-state index contributed by atoms with van der Waals surface area (Å²) in [7, 11) is 3.11. The van der Waals surface area contributed by atoms with E-state index >= 15 is 0 Å². The van der Waals surface area contributed by atoms with E-state index in [1.807, 2.05) is 18.2 Å². The fraction of sp³-hybridized carbons (Fsp3) is 0.381. The zero-order valence-corrected chi connectivity index (χ0v) is 15.1. The largest absolute Gasteiger partial charge is 0.497 e. The van der Waals surface area contributed by atoms with Crippen molar-refractivity contribution in [3.63, 3.8) is 0 Å². The van der Waals surface area contributed by atoms with E-state index in [1.165, 1.54) is 12.7 Å². The molecule has 0 aromatic heterocycles. The van der Waals surface area contributed by atoms with E-state index in [1.54, 1.807) is 25.3 Å². The van der Waals surface area contributed by atoms with Gasteiger partial charge in [0, 0.05) is 12.1 Å². The fourth-order valence-electron chi connectivity index (χ4n) is 3.39. The van der Waals surface area contributed by atoms with Gasteiger partial charge in [-0.15, -0.1) is 0 Å². The molecular weight excluding hydrogens is 330 g/mol. The molecular formula is C21H25NO4. The molecule has 1 fully saturated rings. The molecule has 0 radical (unpaired) electrons. The highest BCUT2D eigenvalue weighted by molar-refractivity contribution is 5.97. The smallest absolute Gasteiger partial charge is 0.255 e. The first-order chi connectivity index (χ1) is 12.6. The molecule has 5 heteroatoms. The van der Waals surface area contributed by atoms with Crippen molar-refractivity contribution in [1.82, 2.24) is 5.32 Å². The summed E-state index contributed by atoms with van der Waals surface area (Å²) >= 11 is 0. The summed E-state index contributed by atoms with van der Waals surface area (Å²) in [6.07, 6.45) is 1.92. The highest BCUT2D eigenvalue weighted by atomic mass is 16.5. The zero-order valence-electron chi connectivity index (χ0n) is 15.1. The zero-order chi connectivity index (χ0) is 18.5. The number of hydrogen-bond donors (Lipinski definition) is 2. The Morgan fingerprint density at radius 2 is 1.88 bits per heavy atom. The molecule has 1 aliphatic carbocycles. The van der Waals surface area contributed by atoms with E-state index in [2.05, 4.69) is 17.4 Å². The van der Waals surface area contributed by atoms with Crippen LogP contribution in [0.5, 0.6) is 11.5 Å². The Labute approximate surface area is 153 Å². The molecule has 3 rings (SSSR count). The number of nitrogens with one attached hydrogen (secondary N) is 1. The van der Waals surface area contributed by atoms with Gasteiger partial charge in [-0.1, -0.05) is 30.3 Å². The number of carbonyl (C=O) groups is 1. The first kappa shape index (κ1) is 18.3. The van der Waals surface area contributed by atoms with Crippen molar-refractivity contribution >= 4 is 5.91 Å². The lowest BCUT2D eigenvalue weighted by Crippen LogP contribution is -2.48. The topological polar surface area (TPSA) is 67.8 Å². The van der Waals surface area contributed by atoms with E-state index in [4.69, 9.17) is 9.47 Å². The summed E-state index contributed by atoms with van der Waals surface area (Å²) in [5, 5.41) is 12.8. The molecule has 2 aromatic carbocycles. The molecule has 138 valence electrons. The van der Waals surface area contributed by atoms with Crippen molar-refractivity contribution < 1.29 is 19.4 Å². The van der Waals surface area contributed by atoms with Gasteiger partial charge < -0.3 is 19.9 Å². The average molecular weight is 355 g/mol. The molecule has 0 bridgehead atoms. The summed E-state index contributed by atoms with van der Waals surface area (Å²) in [6, 6.07) is 15.2. The van der Waals surface area contributed by atoms with Gasteiger partial charge in [0.15, 0.2) is 0 Å². The lowest BCUT2D eigenvalue weighted by atomic mass is 9.75. The summed E-state index contributed by atoms with van der Waals surface area (Å²) < 4.78 is 10.5. The minimum absolute atomic E-state index is 0.0277. The van der Waals surface area contributed by atoms with E-state index < -0.39 is 0 Å². The maximum absolute atomic E-state index is 12.9. The van der Waals surface area contributed by atoms with Gasteiger partial charge in [-0.2, -0.15) is 0 Å². The van der Waals surface area contributed by atoms with Crippen LogP contribution in [-0.2, 0) is 6.42 Å². The molecule has 1 atom stereocenters. The average Bonchev–Trinajstić information content (AvgIpc) is 2.65. The van der Waals surface area contributed by atoms with Crippen molar-refractivity contribution in [3.8, 4) is 11.5 Å². The van der Waals surface area contributed by atoms with Gasteiger partial charge >= 0.3 is 0 Å². The van der Waals surface area contributed by atoms with Crippen molar-refractivity contribution in [1.29, 1.82) is 0 Å². The molecule has 1 saturated carbocycles.